The Balaban J connectivity index is 2.21. The maximum Gasteiger partial charge on any atom is 0.116 e. The van der Waals surface area contributed by atoms with Crippen molar-refractivity contribution in [3.8, 4) is 0 Å². The first-order chi connectivity index (χ1) is 10.2. The zero-order chi connectivity index (χ0) is 16.3. The number of rotatable bonds is 3. The maximum atomic E-state index is 9.79. The van der Waals surface area contributed by atoms with E-state index in [1.807, 2.05) is 23.5 Å². The zero-order valence-corrected chi connectivity index (χ0v) is 16.8. The van der Waals surface area contributed by atoms with Crippen LogP contribution in [0.1, 0.15) is 44.7 Å². The topological polar surface area (TPSA) is 40.5 Å². The Labute approximate surface area is 149 Å². The summed E-state index contributed by atoms with van der Waals surface area (Å²) in [6.07, 6.45) is 0. The van der Waals surface area contributed by atoms with E-state index in [0.29, 0.717) is 5.92 Å². The fourth-order valence-electron chi connectivity index (χ4n) is 2.85. The minimum Gasteiger partial charge on any atom is -0.394 e. The molecule has 0 bridgehead atoms. The summed E-state index contributed by atoms with van der Waals surface area (Å²) >= 11 is 7.22. The molecular weight excluding hydrogens is 352 g/mol. The van der Waals surface area contributed by atoms with Crippen molar-refractivity contribution < 1.29 is 10.2 Å². The van der Waals surface area contributed by atoms with Crippen LogP contribution < -0.4 is 0 Å². The standard InChI is InChI=1S/C16H22O2S4/c1-8(2)10-13-11(19-15(4,5)20-13)9(3)12-14(10)22-16(6-17,7-18)21-12/h8,17-18H,6-7H2,1-5H3. The number of fused-ring (bicyclic) bond motifs is 2. The molecule has 2 aliphatic rings. The van der Waals surface area contributed by atoms with Crippen molar-refractivity contribution in [2.75, 3.05) is 13.2 Å². The quantitative estimate of drug-likeness (QED) is 0.782. The van der Waals surface area contributed by atoms with Gasteiger partial charge in [-0.2, -0.15) is 0 Å². The van der Waals surface area contributed by atoms with Gasteiger partial charge in [-0.3, -0.25) is 0 Å². The lowest BCUT2D eigenvalue weighted by Crippen LogP contribution is -2.27. The second-order valence-electron chi connectivity index (χ2n) is 6.54. The van der Waals surface area contributed by atoms with E-state index in [-0.39, 0.29) is 17.3 Å². The van der Waals surface area contributed by atoms with E-state index < -0.39 is 4.08 Å². The molecule has 2 heterocycles. The van der Waals surface area contributed by atoms with Gasteiger partial charge in [-0.25, -0.2) is 0 Å². The summed E-state index contributed by atoms with van der Waals surface area (Å²) in [5.41, 5.74) is 2.72. The van der Waals surface area contributed by atoms with E-state index in [9.17, 15) is 10.2 Å². The molecule has 0 aromatic heterocycles. The summed E-state index contributed by atoms with van der Waals surface area (Å²) in [7, 11) is 0. The number of thioether (sulfide) groups is 4. The second-order valence-corrected chi connectivity index (χ2v) is 13.1. The fourth-order valence-corrected chi connectivity index (χ4v) is 9.10. The average Bonchev–Trinajstić information content (AvgIpc) is 2.97. The minimum atomic E-state index is -0.531. The molecule has 122 valence electrons. The normalized spacial score (nSPS) is 21.3. The highest BCUT2D eigenvalue weighted by Gasteiger charge is 2.45. The average molecular weight is 375 g/mol. The molecule has 0 amide bonds. The first-order valence-electron chi connectivity index (χ1n) is 7.42. The van der Waals surface area contributed by atoms with Crippen LogP contribution in [0.2, 0.25) is 0 Å². The minimum absolute atomic E-state index is 0.0130. The van der Waals surface area contributed by atoms with Crippen LogP contribution in [0.5, 0.6) is 0 Å². The molecule has 2 nitrogen and oxygen atoms in total. The van der Waals surface area contributed by atoms with E-state index >= 15 is 0 Å². The molecule has 0 unspecified atom stereocenters. The number of aliphatic hydroxyl groups excluding tert-OH is 2. The Kier molecular flexibility index (Phi) is 4.59. The van der Waals surface area contributed by atoms with E-state index in [0.717, 1.165) is 0 Å². The van der Waals surface area contributed by atoms with Gasteiger partial charge in [0, 0.05) is 19.6 Å². The Morgan fingerprint density at radius 3 is 1.86 bits per heavy atom. The van der Waals surface area contributed by atoms with Gasteiger partial charge in [-0.1, -0.05) is 13.8 Å². The van der Waals surface area contributed by atoms with Crippen molar-refractivity contribution in [2.24, 2.45) is 0 Å². The summed E-state index contributed by atoms with van der Waals surface area (Å²) < 4.78 is -0.358. The van der Waals surface area contributed by atoms with Crippen LogP contribution in [0.15, 0.2) is 19.6 Å². The van der Waals surface area contributed by atoms with Gasteiger partial charge in [-0.15, -0.1) is 47.0 Å². The van der Waals surface area contributed by atoms with Gasteiger partial charge < -0.3 is 10.2 Å². The molecule has 0 radical (unpaired) electrons. The lowest BCUT2D eigenvalue weighted by Gasteiger charge is -2.21. The summed E-state index contributed by atoms with van der Waals surface area (Å²) in [5.74, 6) is 0.436. The highest BCUT2D eigenvalue weighted by atomic mass is 32.2. The first-order valence-corrected chi connectivity index (χ1v) is 10.7. The Bertz CT molecular complexity index is 621. The van der Waals surface area contributed by atoms with E-state index in [1.165, 1.54) is 30.7 Å². The summed E-state index contributed by atoms with van der Waals surface area (Å²) in [5, 5.41) is 19.6. The van der Waals surface area contributed by atoms with Crippen molar-refractivity contribution in [1.82, 2.24) is 0 Å². The third kappa shape index (κ3) is 2.64. The Hall–Kier alpha value is 0.540. The van der Waals surface area contributed by atoms with Crippen molar-refractivity contribution >= 4 is 47.0 Å². The molecule has 0 spiro atoms. The lowest BCUT2D eigenvalue weighted by atomic mass is 10.0. The van der Waals surface area contributed by atoms with Crippen LogP contribution in [-0.4, -0.2) is 31.6 Å². The molecule has 0 saturated carbocycles. The van der Waals surface area contributed by atoms with Crippen LogP contribution in [0, 0.1) is 6.92 Å². The molecule has 2 aliphatic heterocycles. The van der Waals surface area contributed by atoms with E-state index in [1.54, 1.807) is 23.5 Å². The summed E-state index contributed by atoms with van der Waals surface area (Å²) in [6.45, 7) is 11.2. The van der Waals surface area contributed by atoms with Gasteiger partial charge in [0.05, 0.1) is 17.3 Å². The molecule has 2 N–H and O–H groups in total. The zero-order valence-electron chi connectivity index (χ0n) is 13.5. The van der Waals surface area contributed by atoms with Crippen molar-refractivity contribution in [2.45, 2.75) is 68.3 Å². The van der Waals surface area contributed by atoms with Crippen molar-refractivity contribution in [3.05, 3.63) is 11.1 Å². The highest BCUT2D eigenvalue weighted by molar-refractivity contribution is 8.21. The molecule has 0 saturated heterocycles. The summed E-state index contributed by atoms with van der Waals surface area (Å²) in [6, 6.07) is 0. The fraction of sp³-hybridized carbons (Fsp3) is 0.625. The van der Waals surface area contributed by atoms with Gasteiger partial charge >= 0.3 is 0 Å². The van der Waals surface area contributed by atoms with Crippen LogP contribution in [0.4, 0.5) is 0 Å². The maximum absolute atomic E-state index is 9.79. The number of aliphatic hydroxyl groups is 2. The largest absolute Gasteiger partial charge is 0.394 e. The second kappa shape index (κ2) is 5.81. The van der Waals surface area contributed by atoms with Crippen LogP contribution in [-0.2, 0) is 0 Å². The monoisotopic (exact) mass is 374 g/mol. The SMILES string of the molecule is Cc1c2c(c(C(C)C)c3c1SC(CO)(CO)S3)SC(C)(C)S2. The molecular formula is C16H22O2S4. The number of hydrogen-bond acceptors (Lipinski definition) is 6. The van der Waals surface area contributed by atoms with Gasteiger partial charge in [-0.05, 0) is 37.8 Å². The smallest absolute Gasteiger partial charge is 0.116 e. The third-order valence-corrected chi connectivity index (χ3v) is 10.1. The Morgan fingerprint density at radius 2 is 1.32 bits per heavy atom. The van der Waals surface area contributed by atoms with Gasteiger partial charge in [0.25, 0.3) is 0 Å². The van der Waals surface area contributed by atoms with Crippen LogP contribution in [0.3, 0.4) is 0 Å². The highest BCUT2D eigenvalue weighted by Crippen LogP contribution is 2.66. The number of hydrogen-bond donors (Lipinski definition) is 2. The van der Waals surface area contributed by atoms with Crippen molar-refractivity contribution in [3.63, 3.8) is 0 Å². The van der Waals surface area contributed by atoms with Crippen LogP contribution >= 0.6 is 47.0 Å². The third-order valence-electron chi connectivity index (χ3n) is 3.91. The lowest BCUT2D eigenvalue weighted by molar-refractivity contribution is 0.216. The molecule has 3 rings (SSSR count). The molecule has 22 heavy (non-hydrogen) atoms. The van der Waals surface area contributed by atoms with E-state index in [2.05, 4.69) is 34.6 Å². The number of benzene rings is 1. The molecule has 1 aromatic carbocycles. The predicted octanol–water partition coefficient (Wildman–Crippen LogP) is 4.93. The molecule has 6 heteroatoms. The molecule has 0 aliphatic carbocycles. The molecule has 0 atom stereocenters. The van der Waals surface area contributed by atoms with Gasteiger partial charge in [0.2, 0.25) is 0 Å². The molecule has 0 fully saturated rings. The summed E-state index contributed by atoms with van der Waals surface area (Å²) in [4.78, 5) is 5.37. The Morgan fingerprint density at radius 1 is 0.864 bits per heavy atom. The van der Waals surface area contributed by atoms with Gasteiger partial charge in [0.1, 0.15) is 4.08 Å². The molecule has 1 aromatic rings. The van der Waals surface area contributed by atoms with Gasteiger partial charge in [0.15, 0.2) is 0 Å². The predicted molar refractivity (Wildman–Crippen MR) is 99.7 cm³/mol. The van der Waals surface area contributed by atoms with Crippen LogP contribution in [0.25, 0.3) is 0 Å². The first kappa shape index (κ1) is 17.4. The van der Waals surface area contributed by atoms with Crippen molar-refractivity contribution in [1.29, 1.82) is 0 Å². The van der Waals surface area contributed by atoms with E-state index in [4.69, 9.17) is 0 Å².